The smallest absolute Gasteiger partial charge is 0.277 e. The Morgan fingerprint density at radius 2 is 1.79 bits per heavy atom. The van der Waals surface area contributed by atoms with Gasteiger partial charge in [0.05, 0.1) is 12.9 Å². The van der Waals surface area contributed by atoms with Gasteiger partial charge in [0.2, 0.25) is 11.8 Å². The fourth-order valence-electron chi connectivity index (χ4n) is 3.00. The summed E-state index contributed by atoms with van der Waals surface area (Å²) in [4.78, 5) is 12.2. The first kappa shape index (κ1) is 20.9. The number of nitrogens with zero attached hydrogens (tertiary/aromatic N) is 2. The molecule has 0 spiro atoms. The van der Waals surface area contributed by atoms with Gasteiger partial charge in [-0.25, -0.2) is 0 Å². The lowest BCUT2D eigenvalue weighted by molar-refractivity contribution is -0.113. The third-order valence-corrected chi connectivity index (χ3v) is 5.11. The number of methoxy groups -OCH3 is 1. The van der Waals surface area contributed by atoms with E-state index in [0.29, 0.717) is 17.5 Å². The Labute approximate surface area is 175 Å². The highest BCUT2D eigenvalue weighted by Crippen LogP contribution is 2.19. The molecular formula is C22H25N3O3S. The average molecular weight is 412 g/mol. The summed E-state index contributed by atoms with van der Waals surface area (Å²) < 4.78 is 10.8. The van der Waals surface area contributed by atoms with Gasteiger partial charge in [-0.2, -0.15) is 0 Å². The van der Waals surface area contributed by atoms with Crippen LogP contribution in [0.2, 0.25) is 0 Å². The van der Waals surface area contributed by atoms with Gasteiger partial charge in [-0.05, 0) is 67.6 Å². The normalized spacial score (nSPS) is 10.7. The summed E-state index contributed by atoms with van der Waals surface area (Å²) in [7, 11) is 1.66. The van der Waals surface area contributed by atoms with Crippen molar-refractivity contribution in [1.29, 1.82) is 0 Å². The van der Waals surface area contributed by atoms with Crippen LogP contribution in [0.15, 0.2) is 52.1 Å². The van der Waals surface area contributed by atoms with E-state index in [1.165, 1.54) is 17.3 Å². The van der Waals surface area contributed by atoms with E-state index in [-0.39, 0.29) is 11.7 Å². The standard InChI is InChI=1S/C22H25N3O3S/c1-15-11-16(2)13-18(12-15)23-20(26)14-29-22-25-24-21(28-22)6-4-5-17-7-9-19(27-3)10-8-17/h7-13H,4-6,14H2,1-3H3,(H,23,26). The molecule has 6 nitrogen and oxygen atoms in total. The van der Waals surface area contributed by atoms with Crippen molar-refractivity contribution in [2.45, 2.75) is 38.3 Å². The van der Waals surface area contributed by atoms with Gasteiger partial charge in [-0.1, -0.05) is 30.0 Å². The molecule has 7 heteroatoms. The van der Waals surface area contributed by atoms with Crippen LogP contribution < -0.4 is 10.1 Å². The molecule has 152 valence electrons. The maximum atomic E-state index is 12.2. The predicted molar refractivity (Wildman–Crippen MR) is 115 cm³/mol. The molecule has 0 atom stereocenters. The summed E-state index contributed by atoms with van der Waals surface area (Å²) >= 11 is 1.24. The largest absolute Gasteiger partial charge is 0.497 e. The average Bonchev–Trinajstić information content (AvgIpc) is 3.14. The quantitative estimate of drug-likeness (QED) is 0.519. The number of aryl methyl sites for hydroxylation is 4. The summed E-state index contributed by atoms with van der Waals surface area (Å²) in [6.07, 6.45) is 2.54. The van der Waals surface area contributed by atoms with Gasteiger partial charge in [-0.15, -0.1) is 10.2 Å². The maximum Gasteiger partial charge on any atom is 0.277 e. The zero-order chi connectivity index (χ0) is 20.6. The van der Waals surface area contributed by atoms with Crippen molar-refractivity contribution >= 4 is 23.4 Å². The molecule has 0 saturated heterocycles. The molecule has 0 unspecified atom stereocenters. The number of anilines is 1. The number of ether oxygens (including phenoxy) is 1. The number of hydrogen-bond donors (Lipinski definition) is 1. The summed E-state index contributed by atoms with van der Waals surface area (Å²) in [5.41, 5.74) is 4.27. The summed E-state index contributed by atoms with van der Waals surface area (Å²) in [6, 6.07) is 14.0. The lowest BCUT2D eigenvalue weighted by Gasteiger charge is -2.06. The van der Waals surface area contributed by atoms with Gasteiger partial charge in [0.15, 0.2) is 0 Å². The molecule has 0 bridgehead atoms. The van der Waals surface area contributed by atoms with Crippen LogP contribution in [-0.2, 0) is 17.6 Å². The fourth-order valence-corrected chi connectivity index (χ4v) is 3.59. The number of aromatic nitrogens is 2. The zero-order valence-electron chi connectivity index (χ0n) is 16.9. The molecule has 3 rings (SSSR count). The van der Waals surface area contributed by atoms with E-state index < -0.39 is 0 Å². The molecule has 29 heavy (non-hydrogen) atoms. The molecule has 0 saturated carbocycles. The highest BCUT2D eigenvalue weighted by atomic mass is 32.2. The molecule has 0 aliphatic heterocycles. The Hall–Kier alpha value is -2.80. The minimum atomic E-state index is -0.0979. The number of carbonyl (C=O) groups excluding carboxylic acids is 1. The van der Waals surface area contributed by atoms with Crippen molar-refractivity contribution in [1.82, 2.24) is 10.2 Å². The monoisotopic (exact) mass is 411 g/mol. The topological polar surface area (TPSA) is 77.2 Å². The second kappa shape index (κ2) is 10.1. The van der Waals surface area contributed by atoms with Gasteiger partial charge in [-0.3, -0.25) is 4.79 Å². The molecule has 1 heterocycles. The highest BCUT2D eigenvalue weighted by Gasteiger charge is 2.10. The number of hydrogen-bond acceptors (Lipinski definition) is 6. The van der Waals surface area contributed by atoms with E-state index in [9.17, 15) is 4.79 Å². The van der Waals surface area contributed by atoms with Crippen molar-refractivity contribution < 1.29 is 13.9 Å². The van der Waals surface area contributed by atoms with Crippen molar-refractivity contribution in [2.75, 3.05) is 18.2 Å². The third kappa shape index (κ3) is 6.64. The lowest BCUT2D eigenvalue weighted by Crippen LogP contribution is -2.14. The molecule has 0 radical (unpaired) electrons. The van der Waals surface area contributed by atoms with E-state index in [0.717, 1.165) is 35.4 Å². The minimum Gasteiger partial charge on any atom is -0.497 e. The minimum absolute atomic E-state index is 0.0979. The van der Waals surface area contributed by atoms with E-state index >= 15 is 0 Å². The summed E-state index contributed by atoms with van der Waals surface area (Å²) in [5.74, 6) is 1.57. The van der Waals surface area contributed by atoms with Crippen LogP contribution in [0.5, 0.6) is 5.75 Å². The zero-order valence-corrected chi connectivity index (χ0v) is 17.7. The first-order chi connectivity index (χ1) is 14.0. The Bertz CT molecular complexity index is 934. The second-order valence-corrected chi connectivity index (χ2v) is 7.80. The molecule has 1 aromatic heterocycles. The molecule has 2 aromatic carbocycles. The van der Waals surface area contributed by atoms with Crippen molar-refractivity contribution in [3.8, 4) is 5.75 Å². The van der Waals surface area contributed by atoms with Gasteiger partial charge in [0.1, 0.15) is 5.75 Å². The van der Waals surface area contributed by atoms with Crippen LogP contribution in [0.4, 0.5) is 5.69 Å². The van der Waals surface area contributed by atoms with E-state index in [1.54, 1.807) is 7.11 Å². The number of amides is 1. The molecule has 1 N–H and O–H groups in total. The van der Waals surface area contributed by atoms with Gasteiger partial charge in [0.25, 0.3) is 5.22 Å². The Morgan fingerprint density at radius 1 is 1.07 bits per heavy atom. The molecule has 0 aliphatic carbocycles. The van der Waals surface area contributed by atoms with E-state index in [4.69, 9.17) is 9.15 Å². The second-order valence-electron chi connectivity index (χ2n) is 6.88. The Morgan fingerprint density at radius 3 is 2.48 bits per heavy atom. The molecule has 0 fully saturated rings. The number of carbonyl (C=O) groups is 1. The first-order valence-corrected chi connectivity index (χ1v) is 10.5. The number of benzene rings is 2. The van der Waals surface area contributed by atoms with Crippen LogP contribution in [-0.4, -0.2) is 29.0 Å². The van der Waals surface area contributed by atoms with Crippen LogP contribution in [0, 0.1) is 13.8 Å². The highest BCUT2D eigenvalue weighted by molar-refractivity contribution is 7.99. The van der Waals surface area contributed by atoms with Crippen molar-refractivity contribution in [3.63, 3.8) is 0 Å². The molecule has 1 amide bonds. The third-order valence-electron chi connectivity index (χ3n) is 4.30. The molecule has 0 aliphatic rings. The van der Waals surface area contributed by atoms with Gasteiger partial charge < -0.3 is 14.5 Å². The van der Waals surface area contributed by atoms with Crippen LogP contribution in [0.3, 0.4) is 0 Å². The van der Waals surface area contributed by atoms with E-state index in [2.05, 4.69) is 33.7 Å². The summed E-state index contributed by atoms with van der Waals surface area (Å²) in [5, 5.41) is 11.4. The van der Waals surface area contributed by atoms with Crippen LogP contribution in [0.25, 0.3) is 0 Å². The van der Waals surface area contributed by atoms with Gasteiger partial charge >= 0.3 is 0 Å². The molecule has 3 aromatic rings. The molecular weight excluding hydrogens is 386 g/mol. The first-order valence-electron chi connectivity index (χ1n) is 9.48. The van der Waals surface area contributed by atoms with Gasteiger partial charge in [0, 0.05) is 12.1 Å². The lowest BCUT2D eigenvalue weighted by atomic mass is 10.1. The van der Waals surface area contributed by atoms with Crippen molar-refractivity contribution in [3.05, 3.63) is 65.0 Å². The van der Waals surface area contributed by atoms with Crippen LogP contribution >= 0.6 is 11.8 Å². The Kier molecular flexibility index (Phi) is 7.30. The summed E-state index contributed by atoms with van der Waals surface area (Å²) in [6.45, 7) is 4.01. The fraction of sp³-hybridized carbons (Fsp3) is 0.318. The SMILES string of the molecule is COc1ccc(CCCc2nnc(SCC(=O)Nc3cc(C)cc(C)c3)o2)cc1. The maximum absolute atomic E-state index is 12.2. The number of rotatable bonds is 9. The predicted octanol–water partition coefficient (Wildman–Crippen LogP) is 4.60. The van der Waals surface area contributed by atoms with E-state index in [1.807, 2.05) is 38.1 Å². The van der Waals surface area contributed by atoms with Crippen molar-refractivity contribution in [2.24, 2.45) is 0 Å². The van der Waals surface area contributed by atoms with Crippen LogP contribution in [0.1, 0.15) is 29.0 Å². The number of thioether (sulfide) groups is 1. The number of nitrogens with one attached hydrogen (secondary N) is 1. The Balaban J connectivity index is 1.41.